The molecule has 0 fully saturated rings. The number of hydrogen-bond acceptors (Lipinski definition) is 4. The number of rotatable bonds is 7. The van der Waals surface area contributed by atoms with Gasteiger partial charge in [0.05, 0.1) is 11.4 Å². The SMILES string of the molecule is C=CCNC(=O)CSCc1coc(-c2ccc(Cl)cc2)n1. The average molecular weight is 323 g/mol. The number of halogens is 1. The second-order valence-corrected chi connectivity index (χ2v) is 5.66. The number of carbonyl (C=O) groups excluding carboxylic acids is 1. The molecular weight excluding hydrogens is 308 g/mol. The molecule has 21 heavy (non-hydrogen) atoms. The van der Waals surface area contributed by atoms with Crippen molar-refractivity contribution >= 4 is 29.3 Å². The highest BCUT2D eigenvalue weighted by atomic mass is 35.5. The van der Waals surface area contributed by atoms with E-state index in [0.29, 0.717) is 29.0 Å². The van der Waals surface area contributed by atoms with Crippen LogP contribution in [0.5, 0.6) is 0 Å². The zero-order chi connectivity index (χ0) is 15.1. The third kappa shape index (κ3) is 4.95. The van der Waals surface area contributed by atoms with Gasteiger partial charge in [0.2, 0.25) is 11.8 Å². The fourth-order valence-electron chi connectivity index (χ4n) is 1.58. The molecule has 0 radical (unpaired) electrons. The van der Waals surface area contributed by atoms with E-state index in [1.807, 2.05) is 12.1 Å². The molecule has 0 aliphatic carbocycles. The van der Waals surface area contributed by atoms with Gasteiger partial charge >= 0.3 is 0 Å². The molecule has 0 unspecified atom stereocenters. The van der Waals surface area contributed by atoms with E-state index in [0.717, 1.165) is 11.3 Å². The summed E-state index contributed by atoms with van der Waals surface area (Å²) < 4.78 is 5.43. The Hall–Kier alpha value is -1.72. The van der Waals surface area contributed by atoms with E-state index in [9.17, 15) is 4.79 Å². The fourth-order valence-corrected chi connectivity index (χ4v) is 2.44. The van der Waals surface area contributed by atoms with Gasteiger partial charge in [-0.2, -0.15) is 0 Å². The molecule has 0 saturated heterocycles. The highest BCUT2D eigenvalue weighted by molar-refractivity contribution is 7.99. The van der Waals surface area contributed by atoms with E-state index in [4.69, 9.17) is 16.0 Å². The molecule has 2 aromatic rings. The maximum Gasteiger partial charge on any atom is 0.230 e. The largest absolute Gasteiger partial charge is 0.444 e. The Balaban J connectivity index is 1.84. The lowest BCUT2D eigenvalue weighted by Crippen LogP contribution is -2.24. The Morgan fingerprint density at radius 3 is 2.90 bits per heavy atom. The Kier molecular flexibility index (Phi) is 5.90. The number of nitrogens with one attached hydrogen (secondary N) is 1. The van der Waals surface area contributed by atoms with Gasteiger partial charge in [-0.05, 0) is 24.3 Å². The summed E-state index contributed by atoms with van der Waals surface area (Å²) in [4.78, 5) is 15.8. The van der Waals surface area contributed by atoms with Gasteiger partial charge in [0.25, 0.3) is 0 Å². The van der Waals surface area contributed by atoms with Crippen LogP contribution in [0.1, 0.15) is 5.69 Å². The van der Waals surface area contributed by atoms with Crippen molar-refractivity contribution in [3.8, 4) is 11.5 Å². The normalized spacial score (nSPS) is 10.3. The summed E-state index contributed by atoms with van der Waals surface area (Å²) in [5, 5.41) is 3.39. The molecule has 0 saturated carbocycles. The minimum atomic E-state index is -0.0127. The number of amides is 1. The zero-order valence-electron chi connectivity index (χ0n) is 11.3. The molecule has 4 nitrogen and oxygen atoms in total. The molecular formula is C15H15ClN2O2S. The molecule has 2 rings (SSSR count). The molecule has 0 atom stereocenters. The lowest BCUT2D eigenvalue weighted by Gasteiger charge is -2.00. The zero-order valence-corrected chi connectivity index (χ0v) is 12.9. The van der Waals surface area contributed by atoms with Gasteiger partial charge in [0.1, 0.15) is 6.26 Å². The van der Waals surface area contributed by atoms with E-state index in [1.54, 1.807) is 24.5 Å². The van der Waals surface area contributed by atoms with E-state index >= 15 is 0 Å². The molecule has 0 spiro atoms. The third-order valence-corrected chi connectivity index (χ3v) is 3.79. The molecule has 0 bridgehead atoms. The maximum absolute atomic E-state index is 11.4. The first-order valence-electron chi connectivity index (χ1n) is 6.34. The Morgan fingerprint density at radius 2 is 2.19 bits per heavy atom. The van der Waals surface area contributed by atoms with Crippen molar-refractivity contribution in [2.75, 3.05) is 12.3 Å². The quantitative estimate of drug-likeness (QED) is 0.792. The van der Waals surface area contributed by atoms with Crippen molar-refractivity contribution in [2.45, 2.75) is 5.75 Å². The Labute approximate surface area is 132 Å². The van der Waals surface area contributed by atoms with Crippen LogP contribution in [0.15, 0.2) is 47.6 Å². The first kappa shape index (κ1) is 15.7. The van der Waals surface area contributed by atoms with E-state index in [2.05, 4.69) is 16.9 Å². The van der Waals surface area contributed by atoms with Crippen molar-refractivity contribution in [3.05, 3.63) is 53.9 Å². The summed E-state index contributed by atoms with van der Waals surface area (Å²) in [6.07, 6.45) is 3.26. The summed E-state index contributed by atoms with van der Waals surface area (Å²) >= 11 is 7.33. The van der Waals surface area contributed by atoms with Crippen LogP contribution in [0.3, 0.4) is 0 Å². The van der Waals surface area contributed by atoms with Gasteiger partial charge in [-0.1, -0.05) is 17.7 Å². The summed E-state index contributed by atoms with van der Waals surface area (Å²) in [7, 11) is 0. The monoisotopic (exact) mass is 322 g/mol. The van der Waals surface area contributed by atoms with Crippen LogP contribution in [0, 0.1) is 0 Å². The van der Waals surface area contributed by atoms with Crippen molar-refractivity contribution < 1.29 is 9.21 Å². The molecule has 0 aliphatic rings. The highest BCUT2D eigenvalue weighted by Gasteiger charge is 2.07. The number of thioether (sulfide) groups is 1. The third-order valence-electron chi connectivity index (χ3n) is 2.57. The number of hydrogen-bond donors (Lipinski definition) is 1. The van der Waals surface area contributed by atoms with Gasteiger partial charge in [0, 0.05) is 22.9 Å². The lowest BCUT2D eigenvalue weighted by molar-refractivity contribution is -0.118. The number of nitrogens with zero attached hydrogens (tertiary/aromatic N) is 1. The number of benzene rings is 1. The van der Waals surface area contributed by atoms with Crippen molar-refractivity contribution in [3.63, 3.8) is 0 Å². The summed E-state index contributed by atoms with van der Waals surface area (Å²) in [5.41, 5.74) is 1.68. The van der Waals surface area contributed by atoms with Gasteiger partial charge in [-0.25, -0.2) is 4.98 Å². The van der Waals surface area contributed by atoms with Crippen molar-refractivity contribution in [2.24, 2.45) is 0 Å². The second-order valence-electron chi connectivity index (χ2n) is 4.24. The predicted octanol–water partition coefficient (Wildman–Crippen LogP) is 3.53. The van der Waals surface area contributed by atoms with Crippen LogP contribution in [-0.2, 0) is 10.5 Å². The van der Waals surface area contributed by atoms with Crippen LogP contribution in [-0.4, -0.2) is 23.2 Å². The molecule has 6 heteroatoms. The minimum absolute atomic E-state index is 0.0127. The summed E-state index contributed by atoms with van der Waals surface area (Å²) in [6.45, 7) is 4.04. The maximum atomic E-state index is 11.4. The average Bonchev–Trinajstić information content (AvgIpc) is 2.95. The topological polar surface area (TPSA) is 55.1 Å². The lowest BCUT2D eigenvalue weighted by atomic mass is 10.2. The summed E-state index contributed by atoms with van der Waals surface area (Å²) in [5.74, 6) is 1.55. The first-order valence-corrected chi connectivity index (χ1v) is 7.88. The minimum Gasteiger partial charge on any atom is -0.444 e. The predicted molar refractivity (Wildman–Crippen MR) is 86.3 cm³/mol. The Morgan fingerprint density at radius 1 is 1.43 bits per heavy atom. The molecule has 110 valence electrons. The molecule has 1 aromatic carbocycles. The Bertz CT molecular complexity index is 610. The number of carbonyl (C=O) groups is 1. The molecule has 1 amide bonds. The van der Waals surface area contributed by atoms with Gasteiger partial charge in [0.15, 0.2) is 0 Å². The molecule has 1 heterocycles. The summed E-state index contributed by atoms with van der Waals surface area (Å²) in [6, 6.07) is 7.29. The molecule has 0 aliphatic heterocycles. The molecule has 1 aromatic heterocycles. The van der Waals surface area contributed by atoms with Crippen LogP contribution in [0.25, 0.3) is 11.5 Å². The number of oxazole rings is 1. The smallest absolute Gasteiger partial charge is 0.230 e. The van der Waals surface area contributed by atoms with E-state index in [-0.39, 0.29) is 5.91 Å². The molecule has 1 N–H and O–H groups in total. The fraction of sp³-hybridized carbons (Fsp3) is 0.200. The van der Waals surface area contributed by atoms with Crippen molar-refractivity contribution in [1.82, 2.24) is 10.3 Å². The second kappa shape index (κ2) is 7.90. The van der Waals surface area contributed by atoms with Crippen LogP contribution in [0.4, 0.5) is 0 Å². The van der Waals surface area contributed by atoms with Gasteiger partial charge in [-0.15, -0.1) is 18.3 Å². The number of aromatic nitrogens is 1. The van der Waals surface area contributed by atoms with Crippen molar-refractivity contribution in [1.29, 1.82) is 0 Å². The highest BCUT2D eigenvalue weighted by Crippen LogP contribution is 2.22. The van der Waals surface area contributed by atoms with E-state index in [1.165, 1.54) is 11.8 Å². The van der Waals surface area contributed by atoms with Crippen LogP contribution >= 0.6 is 23.4 Å². The van der Waals surface area contributed by atoms with E-state index < -0.39 is 0 Å². The van der Waals surface area contributed by atoms with Crippen LogP contribution in [0.2, 0.25) is 5.02 Å². The van der Waals surface area contributed by atoms with Gasteiger partial charge < -0.3 is 9.73 Å². The van der Waals surface area contributed by atoms with Gasteiger partial charge in [-0.3, -0.25) is 4.79 Å². The first-order chi connectivity index (χ1) is 10.2. The standard InChI is InChI=1S/C15H15ClN2O2S/c1-2-7-17-14(19)10-21-9-13-8-20-15(18-13)11-3-5-12(16)6-4-11/h2-6,8H,1,7,9-10H2,(H,17,19). The van der Waals surface area contributed by atoms with Crippen LogP contribution < -0.4 is 5.32 Å².